The molecule has 4 N–H and O–H groups in total. The zero-order valence-corrected chi connectivity index (χ0v) is 14.5. The van der Waals surface area contributed by atoms with Gasteiger partial charge in [0.25, 0.3) is 5.91 Å². The van der Waals surface area contributed by atoms with Crippen LogP contribution in [-0.2, 0) is 4.79 Å². The van der Waals surface area contributed by atoms with Crippen molar-refractivity contribution >= 4 is 28.3 Å². The molecule has 0 saturated heterocycles. The van der Waals surface area contributed by atoms with E-state index in [9.17, 15) is 9.59 Å². The summed E-state index contributed by atoms with van der Waals surface area (Å²) >= 11 is 1.34. The average molecular weight is 354 g/mol. The number of nitrogens with zero attached hydrogens (tertiary/aromatic N) is 1. The van der Waals surface area contributed by atoms with Crippen molar-refractivity contribution in [1.82, 2.24) is 9.97 Å². The third-order valence-corrected chi connectivity index (χ3v) is 4.61. The Morgan fingerprint density at radius 1 is 1.32 bits per heavy atom. The molecule has 1 atom stereocenters. The average Bonchev–Trinajstić information content (AvgIpc) is 3.24. The smallest absolute Gasteiger partial charge is 0.265 e. The van der Waals surface area contributed by atoms with E-state index in [0.717, 1.165) is 11.1 Å². The van der Waals surface area contributed by atoms with Crippen LogP contribution < -0.4 is 11.1 Å². The molecule has 25 heavy (non-hydrogen) atoms. The van der Waals surface area contributed by atoms with Gasteiger partial charge in [-0.2, -0.15) is 0 Å². The van der Waals surface area contributed by atoms with Gasteiger partial charge in [0.2, 0.25) is 5.91 Å². The van der Waals surface area contributed by atoms with Crippen LogP contribution in [0.1, 0.15) is 35.3 Å². The highest BCUT2D eigenvalue weighted by Gasteiger charge is 2.14. The minimum atomic E-state index is -0.523. The lowest BCUT2D eigenvalue weighted by molar-refractivity contribution is -0.116. The van der Waals surface area contributed by atoms with Gasteiger partial charge in [-0.05, 0) is 17.5 Å². The number of nitrogens with one attached hydrogen (secondary N) is 2. The molecule has 3 aromatic rings. The van der Waals surface area contributed by atoms with Gasteiger partial charge < -0.3 is 16.0 Å². The monoisotopic (exact) mass is 354 g/mol. The van der Waals surface area contributed by atoms with Crippen LogP contribution in [0.15, 0.2) is 48.0 Å². The van der Waals surface area contributed by atoms with Crippen molar-refractivity contribution in [3.8, 4) is 11.3 Å². The van der Waals surface area contributed by atoms with Crippen LogP contribution in [0.2, 0.25) is 0 Å². The van der Waals surface area contributed by atoms with E-state index >= 15 is 0 Å². The largest absolute Gasteiger partial charge is 0.364 e. The molecule has 0 aliphatic carbocycles. The minimum absolute atomic E-state index is 0.0795. The van der Waals surface area contributed by atoms with Gasteiger partial charge in [-0.25, -0.2) is 4.98 Å². The second kappa shape index (κ2) is 7.31. The Bertz CT molecular complexity index is 885. The lowest BCUT2D eigenvalue weighted by Crippen LogP contribution is -2.14. The van der Waals surface area contributed by atoms with E-state index in [-0.39, 0.29) is 11.8 Å². The fourth-order valence-corrected chi connectivity index (χ4v) is 3.23. The molecule has 0 aliphatic heterocycles. The van der Waals surface area contributed by atoms with Gasteiger partial charge in [-0.15, -0.1) is 11.3 Å². The standard InChI is InChI=1S/C18H18N4O2S/c1-11(12-5-3-2-4-6-12)7-16(23)22-18-21-15(10-25-18)13-8-14(17(19)24)20-9-13/h2-6,8-11,20H,7H2,1H3,(H2,19,24)(H,21,22,23)/t11-/m0/s1. The maximum atomic E-state index is 12.2. The molecule has 0 spiro atoms. The first-order valence-electron chi connectivity index (χ1n) is 7.82. The maximum Gasteiger partial charge on any atom is 0.265 e. The van der Waals surface area contributed by atoms with Crippen LogP contribution in [0.3, 0.4) is 0 Å². The first kappa shape index (κ1) is 16.9. The van der Waals surface area contributed by atoms with Crippen molar-refractivity contribution in [1.29, 1.82) is 0 Å². The number of hydrogen-bond acceptors (Lipinski definition) is 4. The third-order valence-electron chi connectivity index (χ3n) is 3.85. The Morgan fingerprint density at radius 2 is 2.08 bits per heavy atom. The molecule has 6 nitrogen and oxygen atoms in total. The van der Waals surface area contributed by atoms with Gasteiger partial charge in [0.05, 0.1) is 5.69 Å². The summed E-state index contributed by atoms with van der Waals surface area (Å²) in [6, 6.07) is 11.6. The number of amides is 2. The number of aromatic nitrogens is 2. The molecular formula is C18H18N4O2S. The second-order valence-corrected chi connectivity index (χ2v) is 6.63. The molecule has 0 saturated carbocycles. The van der Waals surface area contributed by atoms with Crippen molar-refractivity contribution in [3.63, 3.8) is 0 Å². The molecule has 1 aromatic carbocycles. The number of hydrogen-bond donors (Lipinski definition) is 3. The quantitative estimate of drug-likeness (QED) is 0.632. The van der Waals surface area contributed by atoms with Crippen LogP contribution in [0.5, 0.6) is 0 Å². The number of primary amides is 1. The Kier molecular flexibility index (Phi) is 4.95. The highest BCUT2D eigenvalue weighted by Crippen LogP contribution is 2.26. The summed E-state index contributed by atoms with van der Waals surface area (Å²) in [4.78, 5) is 30.5. The minimum Gasteiger partial charge on any atom is -0.364 e. The summed E-state index contributed by atoms with van der Waals surface area (Å²) in [7, 11) is 0. The van der Waals surface area contributed by atoms with Crippen LogP contribution in [0.4, 0.5) is 5.13 Å². The van der Waals surface area contributed by atoms with Gasteiger partial charge in [0, 0.05) is 23.6 Å². The number of thiazole rings is 1. The first-order valence-corrected chi connectivity index (χ1v) is 8.70. The van der Waals surface area contributed by atoms with Crippen LogP contribution in [0.25, 0.3) is 11.3 Å². The molecule has 7 heteroatoms. The number of carbonyl (C=O) groups excluding carboxylic acids is 2. The number of rotatable bonds is 6. The summed E-state index contributed by atoms with van der Waals surface area (Å²) in [5.74, 6) is -0.475. The summed E-state index contributed by atoms with van der Waals surface area (Å²) in [5, 5.41) is 5.18. The van der Waals surface area contributed by atoms with Crippen LogP contribution in [0, 0.1) is 0 Å². The number of anilines is 1. The van der Waals surface area contributed by atoms with E-state index < -0.39 is 5.91 Å². The first-order chi connectivity index (χ1) is 12.0. The number of H-pyrrole nitrogens is 1. The van der Waals surface area contributed by atoms with Crippen molar-refractivity contribution in [2.45, 2.75) is 19.3 Å². The Hall–Kier alpha value is -2.93. The molecule has 2 heterocycles. The molecule has 0 aliphatic rings. The Balaban J connectivity index is 1.62. The lowest BCUT2D eigenvalue weighted by Gasteiger charge is -2.10. The number of nitrogens with two attached hydrogens (primary N) is 1. The van der Waals surface area contributed by atoms with E-state index in [1.807, 2.05) is 42.6 Å². The van der Waals surface area contributed by atoms with Gasteiger partial charge >= 0.3 is 0 Å². The Labute approximate surface area is 149 Å². The van der Waals surface area contributed by atoms with Crippen LogP contribution in [-0.4, -0.2) is 21.8 Å². The Morgan fingerprint density at radius 3 is 2.76 bits per heavy atom. The van der Waals surface area contributed by atoms with Crippen LogP contribution >= 0.6 is 11.3 Å². The normalized spacial score (nSPS) is 11.9. The summed E-state index contributed by atoms with van der Waals surface area (Å²) < 4.78 is 0. The van der Waals surface area contributed by atoms with Gasteiger partial charge in [-0.3, -0.25) is 9.59 Å². The van der Waals surface area contributed by atoms with Crippen molar-refractivity contribution < 1.29 is 9.59 Å². The number of aromatic amines is 1. The summed E-state index contributed by atoms with van der Waals surface area (Å²) in [6.45, 7) is 2.02. The number of benzene rings is 1. The van der Waals surface area contributed by atoms with Gasteiger partial charge in [0.15, 0.2) is 5.13 Å². The topological polar surface area (TPSA) is 101 Å². The second-order valence-electron chi connectivity index (χ2n) is 5.77. The van der Waals surface area contributed by atoms with E-state index in [4.69, 9.17) is 5.73 Å². The van der Waals surface area contributed by atoms with Gasteiger partial charge in [-0.1, -0.05) is 37.3 Å². The van der Waals surface area contributed by atoms with Gasteiger partial charge in [0.1, 0.15) is 5.69 Å². The molecule has 128 valence electrons. The molecule has 0 unspecified atom stereocenters. The van der Waals surface area contributed by atoms with E-state index in [1.165, 1.54) is 11.3 Å². The van der Waals surface area contributed by atoms with E-state index in [1.54, 1.807) is 12.3 Å². The van der Waals surface area contributed by atoms with E-state index in [2.05, 4.69) is 15.3 Å². The molecule has 0 radical (unpaired) electrons. The molecular weight excluding hydrogens is 336 g/mol. The zero-order valence-electron chi connectivity index (χ0n) is 13.7. The van der Waals surface area contributed by atoms with Crippen molar-refractivity contribution in [2.24, 2.45) is 5.73 Å². The molecule has 0 bridgehead atoms. The maximum absolute atomic E-state index is 12.2. The molecule has 3 rings (SSSR count). The zero-order chi connectivity index (χ0) is 17.8. The lowest BCUT2D eigenvalue weighted by atomic mass is 9.98. The fourth-order valence-electron chi connectivity index (χ4n) is 2.50. The van der Waals surface area contributed by atoms with Crippen molar-refractivity contribution in [2.75, 3.05) is 5.32 Å². The fraction of sp³-hybridized carbons (Fsp3) is 0.167. The highest BCUT2D eigenvalue weighted by atomic mass is 32.1. The van der Waals surface area contributed by atoms with Crippen molar-refractivity contribution in [3.05, 3.63) is 59.2 Å². The number of carbonyl (C=O) groups is 2. The SMILES string of the molecule is C[C@@H](CC(=O)Nc1nc(-c2c[nH]c(C(N)=O)c2)cs1)c1ccccc1. The predicted molar refractivity (Wildman–Crippen MR) is 98.5 cm³/mol. The molecule has 0 fully saturated rings. The molecule has 2 aromatic heterocycles. The summed E-state index contributed by atoms with van der Waals surface area (Å²) in [5.41, 5.74) is 8.11. The van der Waals surface area contributed by atoms with E-state index in [0.29, 0.717) is 22.9 Å². The third kappa shape index (κ3) is 4.13. The highest BCUT2D eigenvalue weighted by molar-refractivity contribution is 7.14. The predicted octanol–water partition coefficient (Wildman–Crippen LogP) is 3.37. The molecule has 2 amide bonds. The summed E-state index contributed by atoms with van der Waals surface area (Å²) in [6.07, 6.45) is 2.05.